The molecule has 0 bridgehead atoms. The summed E-state index contributed by atoms with van der Waals surface area (Å²) in [5.41, 5.74) is 6.34. The number of thiazole rings is 1. The van der Waals surface area contributed by atoms with E-state index in [0.29, 0.717) is 4.58 Å². The molecule has 3 heterocycles. The fourth-order valence-corrected chi connectivity index (χ4v) is 7.00. The highest BCUT2D eigenvalue weighted by Gasteiger charge is 2.20. The fraction of sp³-hybridized carbons (Fsp3) is 0.182. The van der Waals surface area contributed by atoms with Gasteiger partial charge < -0.3 is 4.52 Å². The van der Waals surface area contributed by atoms with Gasteiger partial charge in [0.05, 0.1) is 15.8 Å². The minimum Gasteiger partial charge on any atom is -0.360 e. The van der Waals surface area contributed by atoms with E-state index in [1.165, 1.54) is 17.1 Å². The second-order valence-electron chi connectivity index (χ2n) is 6.56. The summed E-state index contributed by atoms with van der Waals surface area (Å²) < 4.78 is 6.08. The molecule has 0 unspecified atom stereocenters. The fourth-order valence-electron chi connectivity index (χ4n) is 3.32. The van der Waals surface area contributed by atoms with Crippen molar-refractivity contribution < 1.29 is 4.52 Å². The van der Waals surface area contributed by atoms with Gasteiger partial charge in [0, 0.05) is 28.0 Å². The van der Waals surface area contributed by atoms with E-state index in [-0.39, 0.29) is 0 Å². The number of thioether (sulfide) groups is 2. The summed E-state index contributed by atoms with van der Waals surface area (Å²) in [7, 11) is 0. The maximum Gasteiger partial charge on any atom is 0.143 e. The van der Waals surface area contributed by atoms with Gasteiger partial charge in [-0.05, 0) is 12.5 Å². The molecule has 5 rings (SSSR count). The summed E-state index contributed by atoms with van der Waals surface area (Å²) in [4.78, 5) is 4.91. The number of aromatic nitrogens is 2. The van der Waals surface area contributed by atoms with Crippen molar-refractivity contribution in [3.05, 3.63) is 71.3 Å². The van der Waals surface area contributed by atoms with Crippen LogP contribution in [-0.2, 0) is 0 Å². The van der Waals surface area contributed by atoms with Gasteiger partial charge in [0.1, 0.15) is 16.5 Å². The smallest absolute Gasteiger partial charge is 0.143 e. The lowest BCUT2D eigenvalue weighted by molar-refractivity contribution is 0.400. The zero-order chi connectivity index (χ0) is 18.9. The van der Waals surface area contributed by atoms with E-state index in [2.05, 4.69) is 34.8 Å². The molecule has 1 saturated heterocycles. The Morgan fingerprint density at radius 2 is 1.68 bits per heavy atom. The summed E-state index contributed by atoms with van der Waals surface area (Å²) in [6.07, 6.45) is 0. The number of hydrogen-bond acceptors (Lipinski definition) is 6. The van der Waals surface area contributed by atoms with Crippen LogP contribution in [0, 0.1) is 6.92 Å². The van der Waals surface area contributed by atoms with E-state index in [0.717, 1.165) is 38.8 Å². The first-order chi connectivity index (χ1) is 13.8. The molecule has 6 heteroatoms. The Morgan fingerprint density at radius 1 is 0.929 bits per heavy atom. The average Bonchev–Trinajstić information content (AvgIpc) is 3.49. The molecule has 1 aliphatic heterocycles. The Morgan fingerprint density at radius 3 is 2.43 bits per heavy atom. The second kappa shape index (κ2) is 7.78. The Kier molecular flexibility index (Phi) is 5.01. The molecule has 0 atom stereocenters. The van der Waals surface area contributed by atoms with Crippen molar-refractivity contribution in [2.24, 2.45) is 0 Å². The van der Waals surface area contributed by atoms with Crippen LogP contribution >= 0.6 is 34.9 Å². The van der Waals surface area contributed by atoms with Crippen LogP contribution < -0.4 is 0 Å². The Hall–Kier alpha value is -2.02. The molecular formula is C22H18N2OS3. The molecule has 140 valence electrons. The third kappa shape index (κ3) is 3.41. The van der Waals surface area contributed by atoms with Gasteiger partial charge in [-0.15, -0.1) is 34.9 Å². The van der Waals surface area contributed by atoms with Crippen molar-refractivity contribution in [3.8, 4) is 33.1 Å². The summed E-state index contributed by atoms with van der Waals surface area (Å²) in [6.45, 7) is 1.94. The van der Waals surface area contributed by atoms with Gasteiger partial charge in [0.2, 0.25) is 0 Å². The summed E-state index contributed by atoms with van der Waals surface area (Å²) >= 11 is 5.73. The van der Waals surface area contributed by atoms with E-state index < -0.39 is 0 Å². The minimum absolute atomic E-state index is 0.578. The van der Waals surface area contributed by atoms with Crippen molar-refractivity contribution >= 4 is 34.9 Å². The number of nitrogens with zero attached hydrogens (tertiary/aromatic N) is 2. The van der Waals surface area contributed by atoms with Crippen LogP contribution in [0.3, 0.4) is 0 Å². The SMILES string of the molecule is Cc1onc(-c2ccccc2)c1-c1csc(-c2ccc(C3SCCS3)cc2)n1. The first-order valence-electron chi connectivity index (χ1n) is 9.11. The highest BCUT2D eigenvalue weighted by Crippen LogP contribution is 2.45. The maximum absolute atomic E-state index is 5.50. The molecule has 28 heavy (non-hydrogen) atoms. The van der Waals surface area contributed by atoms with Gasteiger partial charge in [-0.2, -0.15) is 0 Å². The van der Waals surface area contributed by atoms with Crippen molar-refractivity contribution in [3.63, 3.8) is 0 Å². The maximum atomic E-state index is 5.50. The van der Waals surface area contributed by atoms with Crippen molar-refractivity contribution in [1.29, 1.82) is 0 Å². The Labute approximate surface area is 176 Å². The van der Waals surface area contributed by atoms with E-state index in [9.17, 15) is 0 Å². The minimum atomic E-state index is 0.578. The van der Waals surface area contributed by atoms with Crippen LogP contribution in [0.5, 0.6) is 0 Å². The number of hydrogen-bond donors (Lipinski definition) is 0. The molecular weight excluding hydrogens is 404 g/mol. The predicted molar refractivity (Wildman–Crippen MR) is 121 cm³/mol. The number of benzene rings is 2. The number of rotatable bonds is 4. The highest BCUT2D eigenvalue weighted by atomic mass is 32.2. The third-order valence-electron chi connectivity index (χ3n) is 4.72. The van der Waals surface area contributed by atoms with Crippen molar-refractivity contribution in [2.45, 2.75) is 11.5 Å². The first-order valence-corrected chi connectivity index (χ1v) is 12.1. The predicted octanol–water partition coefficient (Wildman–Crippen LogP) is 6.92. The highest BCUT2D eigenvalue weighted by molar-refractivity contribution is 8.19. The van der Waals surface area contributed by atoms with Crippen LogP contribution in [0.25, 0.3) is 33.1 Å². The van der Waals surface area contributed by atoms with Gasteiger partial charge >= 0.3 is 0 Å². The van der Waals surface area contributed by atoms with E-state index >= 15 is 0 Å². The molecule has 1 fully saturated rings. The number of aryl methyl sites for hydroxylation is 1. The molecule has 0 saturated carbocycles. The third-order valence-corrected chi connectivity index (χ3v) is 8.72. The van der Waals surface area contributed by atoms with Crippen LogP contribution in [-0.4, -0.2) is 21.6 Å². The van der Waals surface area contributed by atoms with Gasteiger partial charge in [0.15, 0.2) is 0 Å². The molecule has 1 aliphatic rings. The summed E-state index contributed by atoms with van der Waals surface area (Å²) in [6, 6.07) is 19.0. The Bertz CT molecular complexity index is 1080. The summed E-state index contributed by atoms with van der Waals surface area (Å²) in [5, 5.41) is 7.40. The average molecular weight is 423 g/mol. The molecule has 0 amide bonds. The molecule has 3 nitrogen and oxygen atoms in total. The second-order valence-corrected chi connectivity index (χ2v) is 10.1. The van der Waals surface area contributed by atoms with Crippen LogP contribution in [0.4, 0.5) is 0 Å². The largest absolute Gasteiger partial charge is 0.360 e. The monoisotopic (exact) mass is 422 g/mol. The van der Waals surface area contributed by atoms with E-state index in [1.54, 1.807) is 11.3 Å². The molecule has 0 N–H and O–H groups in total. The quantitative estimate of drug-likeness (QED) is 0.357. The molecule has 0 spiro atoms. The van der Waals surface area contributed by atoms with Gasteiger partial charge in [-0.1, -0.05) is 59.8 Å². The molecule has 2 aromatic heterocycles. The lowest BCUT2D eigenvalue weighted by Crippen LogP contribution is -1.86. The van der Waals surface area contributed by atoms with Crippen LogP contribution in [0.1, 0.15) is 15.9 Å². The summed E-state index contributed by atoms with van der Waals surface area (Å²) in [5.74, 6) is 3.28. The topological polar surface area (TPSA) is 38.9 Å². The van der Waals surface area contributed by atoms with Gasteiger partial charge in [-0.25, -0.2) is 4.98 Å². The molecule has 4 aromatic rings. The van der Waals surface area contributed by atoms with Crippen molar-refractivity contribution in [1.82, 2.24) is 10.1 Å². The first kappa shape index (κ1) is 18.0. The zero-order valence-corrected chi connectivity index (χ0v) is 17.7. The van der Waals surface area contributed by atoms with E-state index in [1.807, 2.05) is 60.8 Å². The van der Waals surface area contributed by atoms with E-state index in [4.69, 9.17) is 9.51 Å². The molecule has 0 radical (unpaired) electrons. The molecule has 2 aromatic carbocycles. The lowest BCUT2D eigenvalue weighted by Gasteiger charge is -2.08. The van der Waals surface area contributed by atoms with Crippen molar-refractivity contribution in [2.75, 3.05) is 11.5 Å². The van der Waals surface area contributed by atoms with Gasteiger partial charge in [-0.3, -0.25) is 0 Å². The molecule has 0 aliphatic carbocycles. The Balaban J connectivity index is 1.47. The normalized spacial score (nSPS) is 14.6. The standard InChI is InChI=1S/C22H18N2OS3/c1-14-19(20(24-25-14)15-5-3-2-4-6-15)18-13-28-21(23-18)16-7-9-17(10-8-16)22-26-11-12-27-22/h2-10,13,22H,11-12H2,1H3. The van der Waals surface area contributed by atoms with Crippen LogP contribution in [0.15, 0.2) is 64.5 Å². The lowest BCUT2D eigenvalue weighted by atomic mass is 10.0. The van der Waals surface area contributed by atoms with Crippen LogP contribution in [0.2, 0.25) is 0 Å². The van der Waals surface area contributed by atoms with Gasteiger partial charge in [0.25, 0.3) is 0 Å². The zero-order valence-electron chi connectivity index (χ0n) is 15.3.